The van der Waals surface area contributed by atoms with Crippen molar-refractivity contribution >= 4 is 23.0 Å². The molecule has 0 saturated heterocycles. The molecule has 0 aliphatic rings. The van der Waals surface area contributed by atoms with E-state index >= 15 is 0 Å². The van der Waals surface area contributed by atoms with Crippen LogP contribution >= 0.6 is 12.2 Å². The molecule has 0 aromatic heterocycles. The molecule has 0 aliphatic carbocycles. The average Bonchev–Trinajstić information content (AvgIpc) is 2.60. The fourth-order valence-corrected chi connectivity index (χ4v) is 2.98. The van der Waals surface area contributed by atoms with Gasteiger partial charge in [0, 0.05) is 6.07 Å². The van der Waals surface area contributed by atoms with Crippen LogP contribution in [0.4, 0.5) is 5.69 Å². The van der Waals surface area contributed by atoms with E-state index in [1.54, 1.807) is 14.2 Å². The fourth-order valence-electron chi connectivity index (χ4n) is 2.74. The molecule has 1 atom stereocenters. The molecule has 134 valence electrons. The largest absolute Gasteiger partial charge is 0.497 e. The third-order valence-corrected chi connectivity index (χ3v) is 4.35. The van der Waals surface area contributed by atoms with E-state index in [2.05, 4.69) is 55.7 Å². The number of ether oxygens (including phenoxy) is 2. The molecule has 0 aliphatic heterocycles. The van der Waals surface area contributed by atoms with Crippen molar-refractivity contribution in [3.05, 3.63) is 53.6 Å². The summed E-state index contributed by atoms with van der Waals surface area (Å²) in [5, 5.41) is 7.22. The molecule has 0 spiro atoms. The molecule has 0 fully saturated rings. The lowest BCUT2D eigenvalue weighted by Crippen LogP contribution is -2.35. The maximum Gasteiger partial charge on any atom is 0.171 e. The first-order valence-corrected chi connectivity index (χ1v) is 8.72. The highest BCUT2D eigenvalue weighted by atomic mass is 32.1. The molecule has 0 saturated carbocycles. The van der Waals surface area contributed by atoms with Gasteiger partial charge in [0.05, 0.1) is 25.9 Å². The van der Waals surface area contributed by atoms with E-state index in [4.69, 9.17) is 21.7 Å². The van der Waals surface area contributed by atoms with Crippen LogP contribution in [0.1, 0.15) is 31.0 Å². The Labute approximate surface area is 155 Å². The van der Waals surface area contributed by atoms with Crippen LogP contribution in [0.2, 0.25) is 0 Å². The molecule has 1 unspecified atom stereocenters. The molecular weight excluding hydrogens is 332 g/mol. The molecule has 25 heavy (non-hydrogen) atoms. The van der Waals surface area contributed by atoms with Gasteiger partial charge < -0.3 is 20.1 Å². The zero-order chi connectivity index (χ0) is 18.4. The first-order chi connectivity index (χ1) is 12.0. The topological polar surface area (TPSA) is 42.5 Å². The first-order valence-electron chi connectivity index (χ1n) is 8.31. The third kappa shape index (κ3) is 4.86. The number of hydrogen-bond acceptors (Lipinski definition) is 3. The predicted octanol–water partition coefficient (Wildman–Crippen LogP) is 4.70. The van der Waals surface area contributed by atoms with Crippen LogP contribution in [0.5, 0.6) is 11.5 Å². The molecule has 2 aromatic carbocycles. The van der Waals surface area contributed by atoms with Gasteiger partial charge in [0.15, 0.2) is 5.11 Å². The van der Waals surface area contributed by atoms with E-state index in [1.165, 1.54) is 11.1 Å². The van der Waals surface area contributed by atoms with Crippen molar-refractivity contribution in [1.29, 1.82) is 0 Å². The minimum absolute atomic E-state index is 0.130. The maximum atomic E-state index is 5.53. The monoisotopic (exact) mass is 358 g/mol. The first kappa shape index (κ1) is 19.1. The average molecular weight is 359 g/mol. The van der Waals surface area contributed by atoms with Crippen molar-refractivity contribution in [3.8, 4) is 11.5 Å². The highest BCUT2D eigenvalue weighted by Gasteiger charge is 2.19. The highest BCUT2D eigenvalue weighted by Crippen LogP contribution is 2.30. The van der Waals surface area contributed by atoms with Crippen LogP contribution in [0.25, 0.3) is 0 Å². The Morgan fingerprint density at radius 1 is 1.04 bits per heavy atom. The number of benzene rings is 2. The summed E-state index contributed by atoms with van der Waals surface area (Å²) in [5.41, 5.74) is 3.30. The second-order valence-electron chi connectivity index (χ2n) is 6.24. The second-order valence-corrected chi connectivity index (χ2v) is 6.65. The molecule has 0 bridgehead atoms. The Bertz CT molecular complexity index is 731. The summed E-state index contributed by atoms with van der Waals surface area (Å²) >= 11 is 5.53. The Balaban J connectivity index is 2.16. The summed E-state index contributed by atoms with van der Waals surface area (Å²) in [6.45, 7) is 6.48. The van der Waals surface area contributed by atoms with E-state index in [1.807, 2.05) is 18.2 Å². The number of aryl methyl sites for hydroxylation is 1. The Morgan fingerprint density at radius 2 is 1.76 bits per heavy atom. The van der Waals surface area contributed by atoms with Gasteiger partial charge in [0.2, 0.25) is 0 Å². The highest BCUT2D eigenvalue weighted by molar-refractivity contribution is 7.80. The molecular formula is C20H26N2O2S. The van der Waals surface area contributed by atoms with Gasteiger partial charge in [-0.1, -0.05) is 38.1 Å². The van der Waals surface area contributed by atoms with Crippen LogP contribution in [-0.2, 0) is 0 Å². The van der Waals surface area contributed by atoms with E-state index in [9.17, 15) is 0 Å². The zero-order valence-electron chi connectivity index (χ0n) is 15.4. The number of hydrogen-bond donors (Lipinski definition) is 2. The van der Waals surface area contributed by atoms with E-state index < -0.39 is 0 Å². The van der Waals surface area contributed by atoms with Crippen molar-refractivity contribution in [2.24, 2.45) is 5.92 Å². The van der Waals surface area contributed by atoms with Crippen LogP contribution in [0.15, 0.2) is 42.5 Å². The summed E-state index contributed by atoms with van der Waals surface area (Å²) in [6.07, 6.45) is 0. The van der Waals surface area contributed by atoms with E-state index in [0.29, 0.717) is 16.8 Å². The Hall–Kier alpha value is -2.27. The summed E-state index contributed by atoms with van der Waals surface area (Å²) in [4.78, 5) is 0. The summed E-state index contributed by atoms with van der Waals surface area (Å²) in [7, 11) is 3.25. The van der Waals surface area contributed by atoms with Gasteiger partial charge >= 0.3 is 0 Å². The second kappa shape index (κ2) is 8.72. The summed E-state index contributed by atoms with van der Waals surface area (Å²) < 4.78 is 10.6. The van der Waals surface area contributed by atoms with Crippen LogP contribution in [0.3, 0.4) is 0 Å². The smallest absolute Gasteiger partial charge is 0.171 e. The van der Waals surface area contributed by atoms with Crippen molar-refractivity contribution in [2.75, 3.05) is 19.5 Å². The van der Waals surface area contributed by atoms with Crippen molar-refractivity contribution in [2.45, 2.75) is 26.8 Å². The van der Waals surface area contributed by atoms with Gasteiger partial charge in [-0.2, -0.15) is 0 Å². The zero-order valence-corrected chi connectivity index (χ0v) is 16.2. The lowest BCUT2D eigenvalue weighted by atomic mass is 9.93. The van der Waals surface area contributed by atoms with Gasteiger partial charge in [-0.05, 0) is 48.3 Å². The molecule has 2 rings (SSSR count). The number of methoxy groups -OCH3 is 2. The van der Waals surface area contributed by atoms with Crippen molar-refractivity contribution in [1.82, 2.24) is 5.32 Å². The molecule has 2 aromatic rings. The Kier molecular flexibility index (Phi) is 6.65. The normalized spacial score (nSPS) is 11.8. The number of rotatable bonds is 6. The summed E-state index contributed by atoms with van der Waals surface area (Å²) in [5.74, 6) is 1.81. The molecule has 5 heteroatoms. The minimum Gasteiger partial charge on any atom is -0.497 e. The predicted molar refractivity (Wildman–Crippen MR) is 108 cm³/mol. The van der Waals surface area contributed by atoms with Gasteiger partial charge in [-0.25, -0.2) is 0 Å². The molecule has 2 N–H and O–H groups in total. The van der Waals surface area contributed by atoms with Gasteiger partial charge in [-0.15, -0.1) is 0 Å². The lowest BCUT2D eigenvalue weighted by Gasteiger charge is -2.26. The van der Waals surface area contributed by atoms with Crippen LogP contribution < -0.4 is 20.1 Å². The van der Waals surface area contributed by atoms with Crippen molar-refractivity contribution < 1.29 is 9.47 Å². The van der Waals surface area contributed by atoms with E-state index in [0.717, 1.165) is 11.4 Å². The quantitative estimate of drug-likeness (QED) is 0.733. The molecule has 4 nitrogen and oxygen atoms in total. The molecule has 0 heterocycles. The van der Waals surface area contributed by atoms with Gasteiger partial charge in [0.1, 0.15) is 11.5 Å². The number of thiocarbonyl (C=S) groups is 1. The van der Waals surface area contributed by atoms with Crippen molar-refractivity contribution in [3.63, 3.8) is 0 Å². The maximum absolute atomic E-state index is 5.53. The minimum atomic E-state index is 0.130. The van der Waals surface area contributed by atoms with Gasteiger partial charge in [0.25, 0.3) is 0 Å². The van der Waals surface area contributed by atoms with Crippen LogP contribution in [0, 0.1) is 12.8 Å². The van der Waals surface area contributed by atoms with Gasteiger partial charge in [-0.3, -0.25) is 0 Å². The van der Waals surface area contributed by atoms with Crippen LogP contribution in [-0.4, -0.2) is 19.3 Å². The number of anilines is 1. The standard InChI is InChI=1S/C20H26N2O2S/c1-13(2)19(16-9-7-6-8-14(16)3)22-20(25)21-17-11-10-15(23-4)12-18(17)24-5/h6-13,19H,1-5H3,(H2,21,22,25). The third-order valence-electron chi connectivity index (χ3n) is 4.13. The molecule has 0 radical (unpaired) electrons. The SMILES string of the molecule is COc1ccc(NC(=S)NC(c2ccccc2C)C(C)C)c(OC)c1. The molecule has 0 amide bonds. The lowest BCUT2D eigenvalue weighted by molar-refractivity contribution is 0.395. The Morgan fingerprint density at radius 3 is 2.36 bits per heavy atom. The fraction of sp³-hybridized carbons (Fsp3) is 0.350. The summed E-state index contributed by atoms with van der Waals surface area (Å²) in [6, 6.07) is 14.1. The number of nitrogens with one attached hydrogen (secondary N) is 2. The van der Waals surface area contributed by atoms with E-state index in [-0.39, 0.29) is 6.04 Å².